The van der Waals surface area contributed by atoms with Gasteiger partial charge >= 0.3 is 6.03 Å². The number of anilines is 3. The maximum Gasteiger partial charge on any atom is 0.338 e. The van der Waals surface area contributed by atoms with Crippen LogP contribution in [0.2, 0.25) is 15.3 Å². The first-order chi connectivity index (χ1) is 17.6. The lowest BCUT2D eigenvalue weighted by molar-refractivity contribution is -0.122. The topological polar surface area (TPSA) is 126 Å². The van der Waals surface area contributed by atoms with Crippen LogP contribution in [0.3, 0.4) is 0 Å². The second-order valence-electron chi connectivity index (χ2n) is 7.83. The zero-order chi connectivity index (χ0) is 27.1. The minimum atomic E-state index is -0.717. The van der Waals surface area contributed by atoms with Crippen molar-refractivity contribution in [3.63, 3.8) is 0 Å². The Hall–Kier alpha value is -3.47. The van der Waals surface area contributed by atoms with Gasteiger partial charge in [-0.1, -0.05) is 59.4 Å². The number of carbonyl (C=O) groups excluding carboxylic acids is 2. The van der Waals surface area contributed by atoms with Crippen molar-refractivity contribution in [2.75, 3.05) is 23.2 Å². The zero-order valence-corrected chi connectivity index (χ0v) is 22.7. The van der Waals surface area contributed by atoms with Gasteiger partial charge in [-0.2, -0.15) is 9.97 Å². The summed E-state index contributed by atoms with van der Waals surface area (Å²) in [4.78, 5) is 33.1. The number of hydrazine groups is 1. The van der Waals surface area contributed by atoms with E-state index >= 15 is 0 Å². The van der Waals surface area contributed by atoms with Crippen LogP contribution in [0.4, 0.5) is 22.1 Å². The predicted molar refractivity (Wildman–Crippen MR) is 145 cm³/mol. The van der Waals surface area contributed by atoms with Gasteiger partial charge in [0.1, 0.15) is 16.5 Å². The highest BCUT2D eigenvalue weighted by atomic mass is 35.5. The van der Waals surface area contributed by atoms with Crippen LogP contribution in [0.25, 0.3) is 0 Å². The SMILES string of the molecule is CCC(Oc1ccc(C)cc1C)C(=O)Nc1ccc(OC)c(NC(=O)NNc2nc(Cl)c(Cl)c(Cl)n2)c1. The number of aromatic nitrogens is 2. The molecule has 0 fully saturated rings. The molecule has 0 saturated carbocycles. The number of benzene rings is 2. The van der Waals surface area contributed by atoms with Crippen molar-refractivity contribution in [3.05, 3.63) is 62.9 Å². The fourth-order valence-corrected chi connectivity index (χ4v) is 3.70. The van der Waals surface area contributed by atoms with Gasteiger partial charge in [0.25, 0.3) is 5.91 Å². The van der Waals surface area contributed by atoms with Crippen molar-refractivity contribution in [1.82, 2.24) is 15.4 Å². The van der Waals surface area contributed by atoms with Crippen LogP contribution in [0.5, 0.6) is 11.5 Å². The number of hydrogen-bond donors (Lipinski definition) is 4. The molecule has 1 aromatic heterocycles. The smallest absolute Gasteiger partial charge is 0.338 e. The molecule has 0 radical (unpaired) electrons. The minimum Gasteiger partial charge on any atom is -0.495 e. The Morgan fingerprint density at radius 1 is 0.973 bits per heavy atom. The first kappa shape index (κ1) is 28.1. The molecule has 10 nitrogen and oxygen atoms in total. The summed E-state index contributed by atoms with van der Waals surface area (Å²) in [5, 5.41) is 5.26. The number of ether oxygens (including phenoxy) is 2. The van der Waals surface area contributed by atoms with Gasteiger partial charge in [-0.15, -0.1) is 0 Å². The Kier molecular flexibility index (Phi) is 9.62. The van der Waals surface area contributed by atoms with Gasteiger partial charge in [0.05, 0.1) is 12.8 Å². The molecule has 4 N–H and O–H groups in total. The molecular formula is C24H25Cl3N6O4. The minimum absolute atomic E-state index is 0.00774. The van der Waals surface area contributed by atoms with Crippen LogP contribution in [0.15, 0.2) is 36.4 Å². The zero-order valence-electron chi connectivity index (χ0n) is 20.4. The molecule has 0 saturated heterocycles. The van der Waals surface area contributed by atoms with Crippen molar-refractivity contribution in [1.29, 1.82) is 0 Å². The number of methoxy groups -OCH3 is 1. The maximum absolute atomic E-state index is 12.9. The van der Waals surface area contributed by atoms with Crippen LogP contribution < -0.4 is 31.0 Å². The van der Waals surface area contributed by atoms with E-state index in [1.807, 2.05) is 39.0 Å². The van der Waals surface area contributed by atoms with E-state index in [0.29, 0.717) is 23.6 Å². The average Bonchev–Trinajstić information content (AvgIpc) is 2.85. The molecule has 0 aliphatic rings. The normalized spacial score (nSPS) is 11.3. The molecule has 13 heteroatoms. The van der Waals surface area contributed by atoms with Gasteiger partial charge in [-0.25, -0.2) is 10.2 Å². The number of aryl methyl sites for hydroxylation is 2. The van der Waals surface area contributed by atoms with Gasteiger partial charge in [0.15, 0.2) is 16.4 Å². The number of halogens is 3. The van der Waals surface area contributed by atoms with Gasteiger partial charge in [-0.3, -0.25) is 10.2 Å². The molecule has 3 aromatic rings. The van der Waals surface area contributed by atoms with Gasteiger partial charge in [0.2, 0.25) is 5.95 Å². The summed E-state index contributed by atoms with van der Waals surface area (Å²) in [6.45, 7) is 5.77. The van der Waals surface area contributed by atoms with E-state index in [4.69, 9.17) is 44.3 Å². The molecule has 3 amide bonds. The number of rotatable bonds is 9. The van der Waals surface area contributed by atoms with E-state index in [9.17, 15) is 9.59 Å². The fraction of sp³-hybridized carbons (Fsp3) is 0.250. The molecule has 1 atom stereocenters. The summed E-state index contributed by atoms with van der Waals surface area (Å²) in [5.74, 6) is 0.594. The highest BCUT2D eigenvalue weighted by Gasteiger charge is 2.20. The van der Waals surface area contributed by atoms with Crippen molar-refractivity contribution < 1.29 is 19.1 Å². The summed E-state index contributed by atoms with van der Waals surface area (Å²) in [7, 11) is 1.45. The first-order valence-electron chi connectivity index (χ1n) is 11.1. The lowest BCUT2D eigenvalue weighted by Crippen LogP contribution is -2.34. The molecular weight excluding hydrogens is 543 g/mol. The van der Waals surface area contributed by atoms with Crippen molar-refractivity contribution in [3.8, 4) is 11.5 Å². The van der Waals surface area contributed by atoms with E-state index in [1.165, 1.54) is 7.11 Å². The lowest BCUT2D eigenvalue weighted by atomic mass is 10.1. The standard InChI is InChI=1S/C24H25Cl3N6O4/c1-5-16(37-17-8-6-12(2)10-13(17)3)22(34)28-14-7-9-18(36-4)15(11-14)29-24(35)33-32-23-30-20(26)19(25)21(27)31-23/h6-11,16H,5H2,1-4H3,(H,28,34)(H2,29,33,35)(H,30,31,32). The van der Waals surface area contributed by atoms with Crippen LogP contribution in [-0.4, -0.2) is 35.1 Å². The van der Waals surface area contributed by atoms with Crippen molar-refractivity contribution in [2.45, 2.75) is 33.3 Å². The highest BCUT2D eigenvalue weighted by Crippen LogP contribution is 2.29. The van der Waals surface area contributed by atoms with Crippen molar-refractivity contribution >= 4 is 64.1 Å². The second kappa shape index (κ2) is 12.7. The average molecular weight is 568 g/mol. The number of nitrogens with zero attached hydrogens (tertiary/aromatic N) is 2. The molecule has 1 heterocycles. The molecule has 37 heavy (non-hydrogen) atoms. The number of amides is 3. The van der Waals surface area contributed by atoms with E-state index in [1.54, 1.807) is 18.2 Å². The molecule has 196 valence electrons. The number of urea groups is 1. The molecule has 0 spiro atoms. The van der Waals surface area contributed by atoms with E-state index < -0.39 is 12.1 Å². The van der Waals surface area contributed by atoms with Gasteiger partial charge in [0, 0.05) is 5.69 Å². The number of hydrogen-bond acceptors (Lipinski definition) is 7. The molecule has 0 aliphatic heterocycles. The molecule has 3 rings (SSSR count). The summed E-state index contributed by atoms with van der Waals surface area (Å²) < 4.78 is 11.3. The lowest BCUT2D eigenvalue weighted by Gasteiger charge is -2.19. The predicted octanol–water partition coefficient (Wildman–Crippen LogP) is 6.01. The summed E-state index contributed by atoms with van der Waals surface area (Å²) in [5.41, 5.74) is 7.58. The van der Waals surface area contributed by atoms with Crippen molar-refractivity contribution in [2.24, 2.45) is 0 Å². The van der Waals surface area contributed by atoms with Gasteiger partial charge < -0.3 is 20.1 Å². The second-order valence-corrected chi connectivity index (χ2v) is 8.93. The Morgan fingerprint density at radius 2 is 1.65 bits per heavy atom. The van der Waals surface area contributed by atoms with Crippen LogP contribution in [0, 0.1) is 13.8 Å². The molecule has 1 unspecified atom stereocenters. The quantitative estimate of drug-likeness (QED) is 0.184. The third-order valence-electron chi connectivity index (χ3n) is 5.04. The monoisotopic (exact) mass is 566 g/mol. The van der Waals surface area contributed by atoms with Crippen LogP contribution in [0.1, 0.15) is 24.5 Å². The third-order valence-corrected chi connectivity index (χ3v) is 6.13. The fourth-order valence-electron chi connectivity index (χ4n) is 3.23. The Balaban J connectivity index is 1.67. The van der Waals surface area contributed by atoms with Crippen LogP contribution >= 0.6 is 34.8 Å². The number of nitrogens with one attached hydrogen (secondary N) is 4. The Bertz CT molecular complexity index is 1280. The molecule has 2 aromatic carbocycles. The summed E-state index contributed by atoms with van der Waals surface area (Å²) in [6, 6.07) is 9.88. The maximum atomic E-state index is 12.9. The number of carbonyl (C=O) groups is 2. The third kappa shape index (κ3) is 7.51. The van der Waals surface area contributed by atoms with Gasteiger partial charge in [-0.05, 0) is 50.1 Å². The summed E-state index contributed by atoms with van der Waals surface area (Å²) in [6.07, 6.45) is -0.264. The first-order valence-corrected chi connectivity index (χ1v) is 12.2. The Labute approximate surface area is 229 Å². The molecule has 0 aliphatic carbocycles. The highest BCUT2D eigenvalue weighted by molar-refractivity contribution is 6.46. The summed E-state index contributed by atoms with van der Waals surface area (Å²) >= 11 is 17.5. The van der Waals surface area contributed by atoms with E-state index in [-0.39, 0.29) is 32.9 Å². The van der Waals surface area contributed by atoms with E-state index in [2.05, 4.69) is 31.5 Å². The largest absolute Gasteiger partial charge is 0.495 e. The molecule has 0 bridgehead atoms. The van der Waals surface area contributed by atoms with E-state index in [0.717, 1.165) is 11.1 Å². The van der Waals surface area contributed by atoms with Crippen LogP contribution in [-0.2, 0) is 4.79 Å². The Morgan fingerprint density at radius 3 is 2.27 bits per heavy atom.